The summed E-state index contributed by atoms with van der Waals surface area (Å²) < 4.78 is 4.84. The fourth-order valence-electron chi connectivity index (χ4n) is 7.50. The third-order valence-electron chi connectivity index (χ3n) is 9.32. The molecule has 10 rings (SSSR count). The minimum atomic E-state index is 0.0283. The van der Waals surface area contributed by atoms with Gasteiger partial charge in [0.2, 0.25) is 0 Å². The van der Waals surface area contributed by atoms with Crippen LogP contribution in [0.5, 0.6) is 0 Å². The van der Waals surface area contributed by atoms with Gasteiger partial charge in [0.1, 0.15) is 0 Å². The van der Waals surface area contributed by atoms with E-state index in [4.69, 9.17) is 0 Å². The minimum absolute atomic E-state index is 0.0283. The molecule has 0 N–H and O–H groups in total. The largest absolute Gasteiger partial charge is 0.309 e. The van der Waals surface area contributed by atoms with Crippen molar-refractivity contribution in [2.24, 2.45) is 0 Å². The number of rotatable bonds is 0. The van der Waals surface area contributed by atoms with Crippen molar-refractivity contribution in [1.82, 2.24) is 8.97 Å². The second-order valence-electron chi connectivity index (χ2n) is 11.8. The summed E-state index contributed by atoms with van der Waals surface area (Å²) in [5, 5.41) is 8.08. The van der Waals surface area contributed by atoms with Gasteiger partial charge in [-0.1, -0.05) is 123 Å². The van der Waals surface area contributed by atoms with Gasteiger partial charge in [-0.15, -0.1) is 0 Å². The average molecular weight is 525 g/mol. The SMILES string of the molecule is CC1(C)c2ccccc2-n2c3ccccc3c3cccc1c32.c1ccc2c(c1)c1cccc3c4ccccc4n2c13. The molecule has 4 heterocycles. The van der Waals surface area contributed by atoms with Gasteiger partial charge in [0.15, 0.2) is 0 Å². The molecule has 194 valence electrons. The molecular formula is C39H28N2. The molecule has 0 fully saturated rings. The second-order valence-corrected chi connectivity index (χ2v) is 11.8. The number of benzene rings is 6. The molecule has 0 spiro atoms. The van der Waals surface area contributed by atoms with Gasteiger partial charge in [-0.05, 0) is 35.4 Å². The molecule has 2 nitrogen and oxygen atoms in total. The van der Waals surface area contributed by atoms with Crippen molar-refractivity contribution in [3.05, 3.63) is 145 Å². The zero-order valence-corrected chi connectivity index (χ0v) is 23.1. The van der Waals surface area contributed by atoms with E-state index in [2.05, 4.69) is 156 Å². The molecule has 0 amide bonds. The smallest absolute Gasteiger partial charge is 0.0620 e. The highest BCUT2D eigenvalue weighted by atomic mass is 15.0. The predicted molar refractivity (Wildman–Crippen MR) is 174 cm³/mol. The summed E-state index contributed by atoms with van der Waals surface area (Å²) >= 11 is 0. The zero-order chi connectivity index (χ0) is 27.3. The van der Waals surface area contributed by atoms with Gasteiger partial charge in [0.25, 0.3) is 0 Å². The van der Waals surface area contributed by atoms with Crippen LogP contribution in [0, 0.1) is 0 Å². The Morgan fingerprint density at radius 1 is 0.390 bits per heavy atom. The maximum absolute atomic E-state index is 2.45. The molecule has 0 saturated heterocycles. The van der Waals surface area contributed by atoms with E-state index in [0.29, 0.717) is 0 Å². The zero-order valence-electron chi connectivity index (χ0n) is 23.1. The summed E-state index contributed by atoms with van der Waals surface area (Å²) in [5.74, 6) is 0. The van der Waals surface area contributed by atoms with Crippen LogP contribution in [0.2, 0.25) is 0 Å². The first-order valence-corrected chi connectivity index (χ1v) is 14.4. The molecule has 1 aliphatic heterocycles. The standard InChI is InChI=1S/C21H17N.C18H11N/c1-21(2)16-10-4-6-13-19(16)22-18-12-5-3-8-14(18)15-9-7-11-17(21)20(15)22;1-3-10-16-12(6-1)14-8-5-9-15-13-7-2-4-11-17(13)19(16)18(14)15/h3-13H,1-2H3;1-11H. The quantitative estimate of drug-likeness (QED) is 0.187. The van der Waals surface area contributed by atoms with E-state index in [1.54, 1.807) is 0 Å². The van der Waals surface area contributed by atoms with Crippen LogP contribution in [0.25, 0.3) is 65.6 Å². The summed E-state index contributed by atoms with van der Waals surface area (Å²) in [7, 11) is 0. The molecular weight excluding hydrogens is 496 g/mol. The molecule has 0 radical (unpaired) electrons. The Labute approximate surface area is 238 Å². The van der Waals surface area contributed by atoms with Crippen LogP contribution in [0.15, 0.2) is 133 Å². The summed E-state index contributed by atoms with van der Waals surface area (Å²) in [6.07, 6.45) is 0. The highest BCUT2D eigenvalue weighted by Gasteiger charge is 2.34. The third kappa shape index (κ3) is 2.87. The summed E-state index contributed by atoms with van der Waals surface area (Å²) in [6, 6.07) is 48.2. The van der Waals surface area contributed by atoms with Crippen molar-refractivity contribution >= 4 is 59.9 Å². The fourth-order valence-corrected chi connectivity index (χ4v) is 7.50. The van der Waals surface area contributed by atoms with Gasteiger partial charge in [0, 0.05) is 37.7 Å². The molecule has 1 aliphatic rings. The van der Waals surface area contributed by atoms with Gasteiger partial charge >= 0.3 is 0 Å². The van der Waals surface area contributed by atoms with Crippen LogP contribution < -0.4 is 0 Å². The number of nitrogens with zero attached hydrogens (tertiary/aromatic N) is 2. The Kier molecular flexibility index (Phi) is 4.42. The number of hydrogen-bond donors (Lipinski definition) is 0. The van der Waals surface area contributed by atoms with Crippen LogP contribution in [-0.4, -0.2) is 8.97 Å². The second kappa shape index (κ2) is 7.99. The fraction of sp³-hybridized carbons (Fsp3) is 0.0769. The third-order valence-corrected chi connectivity index (χ3v) is 9.32. The monoisotopic (exact) mass is 524 g/mol. The van der Waals surface area contributed by atoms with E-state index in [0.717, 1.165) is 0 Å². The van der Waals surface area contributed by atoms with Gasteiger partial charge < -0.3 is 8.97 Å². The number of fused-ring (bicyclic) bond motifs is 11. The Morgan fingerprint density at radius 3 is 1.49 bits per heavy atom. The molecule has 6 aromatic carbocycles. The molecule has 2 heteroatoms. The van der Waals surface area contributed by atoms with Gasteiger partial charge in [0.05, 0.1) is 33.3 Å². The Morgan fingerprint density at radius 2 is 0.829 bits per heavy atom. The first-order valence-electron chi connectivity index (χ1n) is 14.4. The molecule has 41 heavy (non-hydrogen) atoms. The van der Waals surface area contributed by atoms with Crippen molar-refractivity contribution in [2.45, 2.75) is 19.3 Å². The Hall–Kier alpha value is -5.08. The van der Waals surface area contributed by atoms with Crippen LogP contribution in [0.1, 0.15) is 25.0 Å². The highest BCUT2D eigenvalue weighted by Crippen LogP contribution is 2.47. The van der Waals surface area contributed by atoms with Crippen molar-refractivity contribution in [3.8, 4) is 5.69 Å². The number of para-hydroxylation sites is 6. The molecule has 0 bridgehead atoms. The molecule has 0 saturated carbocycles. The predicted octanol–water partition coefficient (Wildman–Crippen LogP) is 10.3. The lowest BCUT2D eigenvalue weighted by molar-refractivity contribution is 0.630. The average Bonchev–Trinajstić information content (AvgIpc) is 3.66. The number of hydrogen-bond acceptors (Lipinski definition) is 0. The van der Waals surface area contributed by atoms with Crippen molar-refractivity contribution < 1.29 is 0 Å². The van der Waals surface area contributed by atoms with Crippen LogP contribution >= 0.6 is 0 Å². The summed E-state index contributed by atoms with van der Waals surface area (Å²) in [4.78, 5) is 0. The summed E-state index contributed by atoms with van der Waals surface area (Å²) in [5.41, 5.74) is 10.8. The summed E-state index contributed by atoms with van der Waals surface area (Å²) in [6.45, 7) is 4.67. The minimum Gasteiger partial charge on any atom is -0.309 e. The lowest BCUT2D eigenvalue weighted by atomic mass is 9.75. The molecule has 9 aromatic rings. The molecule has 0 unspecified atom stereocenters. The topological polar surface area (TPSA) is 9.34 Å². The van der Waals surface area contributed by atoms with E-state index in [1.165, 1.54) is 76.7 Å². The maximum atomic E-state index is 2.45. The lowest BCUT2D eigenvalue weighted by Crippen LogP contribution is -2.26. The van der Waals surface area contributed by atoms with Crippen LogP contribution in [0.3, 0.4) is 0 Å². The molecule has 0 atom stereocenters. The number of aromatic nitrogens is 2. The van der Waals surface area contributed by atoms with Gasteiger partial charge in [-0.25, -0.2) is 0 Å². The van der Waals surface area contributed by atoms with Crippen molar-refractivity contribution in [3.63, 3.8) is 0 Å². The molecule has 0 aliphatic carbocycles. The van der Waals surface area contributed by atoms with E-state index < -0.39 is 0 Å². The highest BCUT2D eigenvalue weighted by molar-refractivity contribution is 6.23. The van der Waals surface area contributed by atoms with E-state index in [9.17, 15) is 0 Å². The van der Waals surface area contributed by atoms with Gasteiger partial charge in [-0.2, -0.15) is 0 Å². The van der Waals surface area contributed by atoms with E-state index in [1.807, 2.05) is 0 Å². The van der Waals surface area contributed by atoms with Crippen molar-refractivity contribution in [2.75, 3.05) is 0 Å². The van der Waals surface area contributed by atoms with Crippen molar-refractivity contribution in [1.29, 1.82) is 0 Å². The molecule has 3 aromatic heterocycles. The Bertz CT molecular complexity index is 2370. The first-order chi connectivity index (χ1) is 20.1. The maximum Gasteiger partial charge on any atom is 0.0620 e. The first kappa shape index (κ1) is 22.7. The Balaban J connectivity index is 0.000000118. The normalized spacial score (nSPS) is 13.8. The van der Waals surface area contributed by atoms with E-state index in [-0.39, 0.29) is 5.41 Å². The van der Waals surface area contributed by atoms with Crippen LogP contribution in [-0.2, 0) is 5.41 Å². The van der Waals surface area contributed by atoms with Gasteiger partial charge in [-0.3, -0.25) is 0 Å². The van der Waals surface area contributed by atoms with Crippen LogP contribution in [0.4, 0.5) is 0 Å². The van der Waals surface area contributed by atoms with E-state index >= 15 is 0 Å². The lowest BCUT2D eigenvalue weighted by Gasteiger charge is -2.34.